The third kappa shape index (κ3) is 5.02. The summed E-state index contributed by atoms with van der Waals surface area (Å²) < 4.78 is 5.20. The van der Waals surface area contributed by atoms with Crippen LogP contribution in [0.5, 0.6) is 0 Å². The van der Waals surface area contributed by atoms with Crippen molar-refractivity contribution in [2.24, 2.45) is 0 Å². The molecule has 0 aliphatic rings. The molecule has 2 aromatic carbocycles. The number of halogens is 2. The van der Waals surface area contributed by atoms with E-state index in [1.165, 1.54) is 0 Å². The lowest BCUT2D eigenvalue weighted by Crippen LogP contribution is -2.20. The van der Waals surface area contributed by atoms with Gasteiger partial charge in [-0.05, 0) is 37.9 Å². The molecule has 0 bridgehead atoms. The Hall–Kier alpha value is -1.55. The van der Waals surface area contributed by atoms with Crippen LogP contribution in [-0.4, -0.2) is 38.1 Å². The normalized spacial score (nSPS) is 10.2. The van der Waals surface area contributed by atoms with E-state index in [-0.39, 0.29) is 18.4 Å². The Morgan fingerprint density at radius 2 is 1.73 bits per heavy atom. The molecule has 3 nitrogen and oxygen atoms in total. The number of esters is 1. The van der Waals surface area contributed by atoms with Crippen LogP contribution in [0, 0.1) is 0 Å². The summed E-state index contributed by atoms with van der Waals surface area (Å²) in [5, 5.41) is 0.693. The molecule has 0 saturated carbocycles. The van der Waals surface area contributed by atoms with Crippen molar-refractivity contribution in [1.29, 1.82) is 0 Å². The van der Waals surface area contributed by atoms with Gasteiger partial charge in [0.1, 0.15) is 6.61 Å². The number of hydrogen-bond donors (Lipinski definition) is 0. The predicted octanol–water partition coefficient (Wildman–Crippen LogP) is 4.15. The van der Waals surface area contributed by atoms with Gasteiger partial charge in [0, 0.05) is 17.1 Å². The number of ether oxygens (including phenoxy) is 1. The smallest absolute Gasteiger partial charge is 0.338 e. The van der Waals surface area contributed by atoms with Crippen molar-refractivity contribution in [1.82, 2.24) is 4.90 Å². The number of rotatable bonds is 5. The fourth-order valence-electron chi connectivity index (χ4n) is 1.89. The molecule has 0 aromatic heterocycles. The molecule has 0 amide bonds. The summed E-state index contributed by atoms with van der Waals surface area (Å²) in [5.41, 5.74) is 2.47. The maximum atomic E-state index is 11.9. The van der Waals surface area contributed by atoms with Crippen molar-refractivity contribution in [3.05, 3.63) is 59.1 Å². The van der Waals surface area contributed by atoms with E-state index >= 15 is 0 Å². The Morgan fingerprint density at radius 1 is 1.09 bits per heavy atom. The van der Waals surface area contributed by atoms with Crippen molar-refractivity contribution in [3.63, 3.8) is 0 Å². The minimum absolute atomic E-state index is 0. The maximum Gasteiger partial charge on any atom is 0.338 e. The van der Waals surface area contributed by atoms with Crippen LogP contribution < -0.4 is 0 Å². The van der Waals surface area contributed by atoms with Crippen LogP contribution in [0.15, 0.2) is 48.5 Å². The fraction of sp³-hybridized carbons (Fsp3) is 0.235. The number of carbonyl (C=O) groups is 1. The Kier molecular flexibility index (Phi) is 7.39. The van der Waals surface area contributed by atoms with Gasteiger partial charge in [0.2, 0.25) is 0 Å². The van der Waals surface area contributed by atoms with Gasteiger partial charge in [0.15, 0.2) is 0 Å². The van der Waals surface area contributed by atoms with E-state index in [1.54, 1.807) is 12.1 Å². The summed E-state index contributed by atoms with van der Waals surface area (Å²) in [6.45, 7) is 1.10. The molecule has 0 unspecified atom stereocenters. The van der Waals surface area contributed by atoms with Crippen molar-refractivity contribution >= 4 is 30.0 Å². The van der Waals surface area contributed by atoms with E-state index in [0.29, 0.717) is 23.7 Å². The predicted molar refractivity (Wildman–Crippen MR) is 93.0 cm³/mol. The van der Waals surface area contributed by atoms with Crippen molar-refractivity contribution in [3.8, 4) is 11.1 Å². The monoisotopic (exact) mass is 339 g/mol. The molecule has 0 saturated heterocycles. The SMILES string of the molecule is CN(C)CCOC(=O)c1ccc(-c2ccccc2Cl)cc1.Cl. The van der Waals surface area contributed by atoms with Crippen LogP contribution >= 0.6 is 24.0 Å². The zero-order chi connectivity index (χ0) is 15.2. The third-order valence-corrected chi connectivity index (χ3v) is 3.41. The number of likely N-dealkylation sites (N-methyl/N-ethyl adjacent to an activating group) is 1. The average molecular weight is 340 g/mol. The Bertz CT molecular complexity index is 612. The molecule has 22 heavy (non-hydrogen) atoms. The number of benzene rings is 2. The highest BCUT2D eigenvalue weighted by Crippen LogP contribution is 2.27. The van der Waals surface area contributed by atoms with Crippen LogP contribution in [0.4, 0.5) is 0 Å². The second-order valence-electron chi connectivity index (χ2n) is 5.00. The molecule has 2 rings (SSSR count). The molecule has 0 atom stereocenters. The van der Waals surface area contributed by atoms with Crippen LogP contribution in [0.1, 0.15) is 10.4 Å². The molecule has 0 aliphatic carbocycles. The highest BCUT2D eigenvalue weighted by atomic mass is 35.5. The van der Waals surface area contributed by atoms with Gasteiger partial charge in [-0.15, -0.1) is 12.4 Å². The third-order valence-electron chi connectivity index (χ3n) is 3.08. The minimum Gasteiger partial charge on any atom is -0.461 e. The highest BCUT2D eigenvalue weighted by Gasteiger charge is 2.08. The summed E-state index contributed by atoms with van der Waals surface area (Å²) in [5.74, 6) is -0.303. The molecule has 0 fully saturated rings. The molecule has 2 aromatic rings. The second kappa shape index (κ2) is 8.79. The van der Waals surface area contributed by atoms with Gasteiger partial charge >= 0.3 is 5.97 Å². The molecule has 0 heterocycles. The van der Waals surface area contributed by atoms with E-state index < -0.39 is 0 Å². The van der Waals surface area contributed by atoms with Gasteiger partial charge in [0.25, 0.3) is 0 Å². The number of carbonyl (C=O) groups excluding carboxylic acids is 1. The molecule has 0 spiro atoms. The summed E-state index contributed by atoms with van der Waals surface area (Å²) in [6, 6.07) is 14.9. The Morgan fingerprint density at radius 3 is 2.32 bits per heavy atom. The molecule has 5 heteroatoms. The van der Waals surface area contributed by atoms with Gasteiger partial charge in [0.05, 0.1) is 5.56 Å². The molecule has 0 aliphatic heterocycles. The van der Waals surface area contributed by atoms with Crippen LogP contribution in [0.3, 0.4) is 0 Å². The lowest BCUT2D eigenvalue weighted by molar-refractivity contribution is 0.0482. The zero-order valence-corrected chi connectivity index (χ0v) is 14.2. The summed E-state index contributed by atoms with van der Waals surface area (Å²) in [4.78, 5) is 13.8. The topological polar surface area (TPSA) is 29.5 Å². The maximum absolute atomic E-state index is 11.9. The average Bonchev–Trinajstić information content (AvgIpc) is 2.47. The van der Waals surface area contributed by atoms with E-state index in [9.17, 15) is 4.79 Å². The van der Waals surface area contributed by atoms with Crippen LogP contribution in [0.25, 0.3) is 11.1 Å². The summed E-state index contributed by atoms with van der Waals surface area (Å²) in [6.07, 6.45) is 0. The zero-order valence-electron chi connectivity index (χ0n) is 12.6. The molecular weight excluding hydrogens is 321 g/mol. The fourth-order valence-corrected chi connectivity index (χ4v) is 2.13. The quantitative estimate of drug-likeness (QED) is 0.766. The molecule has 0 radical (unpaired) electrons. The van der Waals surface area contributed by atoms with Gasteiger partial charge < -0.3 is 9.64 Å². The van der Waals surface area contributed by atoms with E-state index in [2.05, 4.69) is 0 Å². The molecule has 118 valence electrons. The lowest BCUT2D eigenvalue weighted by atomic mass is 10.0. The first-order valence-corrected chi connectivity index (χ1v) is 7.12. The first-order valence-electron chi connectivity index (χ1n) is 6.75. The van der Waals surface area contributed by atoms with Crippen molar-refractivity contribution < 1.29 is 9.53 Å². The minimum atomic E-state index is -0.303. The van der Waals surface area contributed by atoms with E-state index in [4.69, 9.17) is 16.3 Å². The first-order chi connectivity index (χ1) is 10.1. The van der Waals surface area contributed by atoms with E-state index in [0.717, 1.165) is 11.1 Å². The van der Waals surface area contributed by atoms with Crippen molar-refractivity contribution in [2.45, 2.75) is 0 Å². The standard InChI is InChI=1S/C17H18ClNO2.ClH/c1-19(2)11-12-21-17(20)14-9-7-13(8-10-14)15-5-3-4-6-16(15)18;/h3-10H,11-12H2,1-2H3;1H. The molecular formula is C17H19Cl2NO2. The van der Waals surface area contributed by atoms with Gasteiger partial charge in [-0.2, -0.15) is 0 Å². The number of nitrogens with zero attached hydrogens (tertiary/aromatic N) is 1. The number of hydrogen-bond acceptors (Lipinski definition) is 3. The van der Waals surface area contributed by atoms with Gasteiger partial charge in [-0.3, -0.25) is 0 Å². The Labute approximate surface area is 142 Å². The Balaban J connectivity index is 0.00000242. The first kappa shape index (κ1) is 18.5. The second-order valence-corrected chi connectivity index (χ2v) is 5.40. The largest absolute Gasteiger partial charge is 0.461 e. The van der Waals surface area contributed by atoms with E-state index in [1.807, 2.05) is 55.4 Å². The summed E-state index contributed by atoms with van der Waals surface area (Å²) >= 11 is 6.16. The van der Waals surface area contributed by atoms with Crippen molar-refractivity contribution in [2.75, 3.05) is 27.2 Å². The summed E-state index contributed by atoms with van der Waals surface area (Å²) in [7, 11) is 3.87. The van der Waals surface area contributed by atoms with Crippen LogP contribution in [-0.2, 0) is 4.74 Å². The van der Waals surface area contributed by atoms with Crippen LogP contribution in [0.2, 0.25) is 5.02 Å². The van der Waals surface area contributed by atoms with Gasteiger partial charge in [-0.25, -0.2) is 4.79 Å². The van der Waals surface area contributed by atoms with Gasteiger partial charge in [-0.1, -0.05) is 41.9 Å². The lowest BCUT2D eigenvalue weighted by Gasteiger charge is -2.10. The molecule has 0 N–H and O–H groups in total. The highest BCUT2D eigenvalue weighted by molar-refractivity contribution is 6.33.